The summed E-state index contributed by atoms with van der Waals surface area (Å²) in [5.74, 6) is 0.127. The van der Waals surface area contributed by atoms with E-state index in [1.54, 1.807) is 0 Å². The van der Waals surface area contributed by atoms with Crippen LogP contribution in [0, 0.1) is 5.41 Å². The molecule has 2 aromatic rings. The van der Waals surface area contributed by atoms with E-state index in [0.717, 1.165) is 16.5 Å². The third-order valence-electron chi connectivity index (χ3n) is 2.61. The lowest BCUT2D eigenvalue weighted by molar-refractivity contribution is 0.623. The number of aromatic nitrogens is 1. The van der Waals surface area contributed by atoms with E-state index in [4.69, 9.17) is 11.1 Å². The van der Waals surface area contributed by atoms with Gasteiger partial charge in [0.25, 0.3) is 0 Å². The van der Waals surface area contributed by atoms with Crippen molar-refractivity contribution in [2.45, 2.75) is 19.9 Å². The third-order valence-corrected chi connectivity index (χ3v) is 2.61. The second kappa shape index (κ2) is 3.42. The third kappa shape index (κ3) is 1.50. The predicted octanol–water partition coefficient (Wildman–Crippen LogP) is 2.51. The van der Waals surface area contributed by atoms with Gasteiger partial charge in [-0.15, -0.1) is 0 Å². The number of nitrogens with zero attached hydrogens (tertiary/aromatic N) is 1. The Morgan fingerprint density at radius 3 is 2.67 bits per heavy atom. The molecule has 0 aliphatic rings. The van der Waals surface area contributed by atoms with Crippen molar-refractivity contribution in [1.82, 2.24) is 4.57 Å². The normalized spacial score (nSPS) is 11.1. The summed E-state index contributed by atoms with van der Waals surface area (Å²) in [7, 11) is 0. The molecule has 0 atom stereocenters. The van der Waals surface area contributed by atoms with E-state index in [2.05, 4.69) is 24.5 Å². The molecule has 3 N–H and O–H groups in total. The van der Waals surface area contributed by atoms with Crippen molar-refractivity contribution in [1.29, 1.82) is 5.41 Å². The summed E-state index contributed by atoms with van der Waals surface area (Å²) in [5.41, 5.74) is 7.49. The molecule has 3 nitrogen and oxygen atoms in total. The van der Waals surface area contributed by atoms with Crippen molar-refractivity contribution >= 4 is 16.7 Å². The lowest BCUT2D eigenvalue weighted by Gasteiger charge is -2.09. The monoisotopic (exact) mass is 201 g/mol. The van der Waals surface area contributed by atoms with Crippen LogP contribution in [0.25, 0.3) is 10.9 Å². The van der Waals surface area contributed by atoms with Crippen LogP contribution in [-0.2, 0) is 0 Å². The molecule has 0 saturated heterocycles. The number of nitrogens with one attached hydrogen (secondary N) is 1. The standard InChI is InChI=1S/C12H15N3/c1-8(2)15-7-6-9-10(12(13)14)4-3-5-11(9)15/h3-8H,1-2H3,(H3,13,14). The summed E-state index contributed by atoms with van der Waals surface area (Å²) < 4.78 is 2.18. The van der Waals surface area contributed by atoms with Gasteiger partial charge in [0, 0.05) is 28.7 Å². The fourth-order valence-electron chi connectivity index (χ4n) is 1.87. The Balaban J connectivity index is 2.74. The van der Waals surface area contributed by atoms with Gasteiger partial charge in [-0.2, -0.15) is 0 Å². The summed E-state index contributed by atoms with van der Waals surface area (Å²) in [6.45, 7) is 4.28. The van der Waals surface area contributed by atoms with Gasteiger partial charge in [0.1, 0.15) is 5.84 Å². The Kier molecular flexibility index (Phi) is 2.23. The lowest BCUT2D eigenvalue weighted by atomic mass is 10.1. The van der Waals surface area contributed by atoms with Gasteiger partial charge in [-0.1, -0.05) is 12.1 Å². The molecule has 0 amide bonds. The molecule has 0 aliphatic heterocycles. The highest BCUT2D eigenvalue weighted by molar-refractivity contribution is 6.07. The highest BCUT2D eigenvalue weighted by atomic mass is 15.0. The maximum Gasteiger partial charge on any atom is 0.123 e. The molecule has 0 bridgehead atoms. The summed E-state index contributed by atoms with van der Waals surface area (Å²) in [6, 6.07) is 8.32. The average Bonchev–Trinajstić information content (AvgIpc) is 2.59. The van der Waals surface area contributed by atoms with E-state index in [-0.39, 0.29) is 5.84 Å². The Morgan fingerprint density at radius 1 is 1.33 bits per heavy atom. The zero-order chi connectivity index (χ0) is 11.0. The highest BCUT2D eigenvalue weighted by Gasteiger charge is 2.08. The van der Waals surface area contributed by atoms with Crippen molar-refractivity contribution in [3.63, 3.8) is 0 Å². The molecule has 0 spiro atoms. The topological polar surface area (TPSA) is 54.8 Å². The Labute approximate surface area is 89.0 Å². The van der Waals surface area contributed by atoms with Crippen molar-refractivity contribution < 1.29 is 0 Å². The zero-order valence-electron chi connectivity index (χ0n) is 8.99. The molecule has 1 aromatic heterocycles. The van der Waals surface area contributed by atoms with Gasteiger partial charge >= 0.3 is 0 Å². The van der Waals surface area contributed by atoms with Crippen LogP contribution in [0.4, 0.5) is 0 Å². The maximum atomic E-state index is 7.50. The lowest BCUT2D eigenvalue weighted by Crippen LogP contribution is -2.11. The molecule has 3 heteroatoms. The molecule has 0 radical (unpaired) electrons. The number of rotatable bonds is 2. The number of hydrogen-bond donors (Lipinski definition) is 2. The number of nitrogen functional groups attached to an aromatic ring is 1. The Morgan fingerprint density at radius 2 is 2.07 bits per heavy atom. The first kappa shape index (κ1) is 9.77. The van der Waals surface area contributed by atoms with Gasteiger partial charge in [-0.3, -0.25) is 5.41 Å². The van der Waals surface area contributed by atoms with Gasteiger partial charge in [0.2, 0.25) is 0 Å². The fraction of sp³-hybridized carbons (Fsp3) is 0.250. The molecule has 15 heavy (non-hydrogen) atoms. The van der Waals surface area contributed by atoms with E-state index in [9.17, 15) is 0 Å². The van der Waals surface area contributed by atoms with Gasteiger partial charge in [0.15, 0.2) is 0 Å². The molecule has 0 fully saturated rings. The summed E-state index contributed by atoms with van der Waals surface area (Å²) >= 11 is 0. The molecule has 1 heterocycles. The SMILES string of the molecule is CC(C)n1ccc2c(C(=N)N)cccc21. The molecule has 0 saturated carbocycles. The van der Waals surface area contributed by atoms with Crippen molar-refractivity contribution in [2.24, 2.45) is 5.73 Å². The largest absolute Gasteiger partial charge is 0.384 e. The summed E-state index contributed by atoms with van der Waals surface area (Å²) in [4.78, 5) is 0. The average molecular weight is 201 g/mol. The minimum Gasteiger partial charge on any atom is -0.384 e. The van der Waals surface area contributed by atoms with Crippen LogP contribution in [0.5, 0.6) is 0 Å². The minimum absolute atomic E-state index is 0.127. The second-order valence-corrected chi connectivity index (χ2v) is 3.97. The number of benzene rings is 1. The van der Waals surface area contributed by atoms with Gasteiger partial charge in [0.05, 0.1) is 0 Å². The molecule has 0 aliphatic carbocycles. The van der Waals surface area contributed by atoms with Gasteiger partial charge < -0.3 is 10.3 Å². The van der Waals surface area contributed by atoms with E-state index in [0.29, 0.717) is 6.04 Å². The number of fused-ring (bicyclic) bond motifs is 1. The van der Waals surface area contributed by atoms with Crippen LogP contribution in [0.3, 0.4) is 0 Å². The van der Waals surface area contributed by atoms with E-state index >= 15 is 0 Å². The highest BCUT2D eigenvalue weighted by Crippen LogP contribution is 2.22. The Hall–Kier alpha value is -1.77. The first-order valence-corrected chi connectivity index (χ1v) is 5.05. The van der Waals surface area contributed by atoms with Gasteiger partial charge in [-0.25, -0.2) is 0 Å². The molecule has 1 aromatic carbocycles. The predicted molar refractivity (Wildman–Crippen MR) is 63.3 cm³/mol. The minimum atomic E-state index is 0.127. The Bertz CT molecular complexity index is 509. The second-order valence-electron chi connectivity index (χ2n) is 3.97. The van der Waals surface area contributed by atoms with E-state index < -0.39 is 0 Å². The molecule has 78 valence electrons. The molecular formula is C12H15N3. The summed E-state index contributed by atoms with van der Waals surface area (Å²) in [6.07, 6.45) is 2.04. The summed E-state index contributed by atoms with van der Waals surface area (Å²) in [5, 5.41) is 8.56. The van der Waals surface area contributed by atoms with Gasteiger partial charge in [-0.05, 0) is 26.0 Å². The number of amidine groups is 1. The fourth-order valence-corrected chi connectivity index (χ4v) is 1.87. The zero-order valence-corrected chi connectivity index (χ0v) is 8.99. The van der Waals surface area contributed by atoms with Crippen LogP contribution < -0.4 is 5.73 Å². The maximum absolute atomic E-state index is 7.50. The van der Waals surface area contributed by atoms with Crippen molar-refractivity contribution in [2.75, 3.05) is 0 Å². The first-order valence-electron chi connectivity index (χ1n) is 5.05. The first-order chi connectivity index (χ1) is 7.11. The van der Waals surface area contributed by atoms with Crippen molar-refractivity contribution in [3.05, 3.63) is 36.0 Å². The molecule has 0 unspecified atom stereocenters. The van der Waals surface area contributed by atoms with Crippen LogP contribution in [-0.4, -0.2) is 10.4 Å². The number of hydrogen-bond acceptors (Lipinski definition) is 1. The van der Waals surface area contributed by atoms with Crippen LogP contribution in [0.2, 0.25) is 0 Å². The molecule has 2 rings (SSSR count). The van der Waals surface area contributed by atoms with Crippen LogP contribution in [0.1, 0.15) is 25.5 Å². The van der Waals surface area contributed by atoms with E-state index in [1.165, 1.54) is 0 Å². The number of nitrogens with two attached hydrogens (primary N) is 1. The smallest absolute Gasteiger partial charge is 0.123 e. The van der Waals surface area contributed by atoms with Crippen molar-refractivity contribution in [3.8, 4) is 0 Å². The van der Waals surface area contributed by atoms with Crippen LogP contribution in [0.15, 0.2) is 30.5 Å². The quantitative estimate of drug-likeness (QED) is 0.569. The molecular weight excluding hydrogens is 186 g/mol. The van der Waals surface area contributed by atoms with Crippen LogP contribution >= 0.6 is 0 Å². The van der Waals surface area contributed by atoms with E-state index in [1.807, 2.05) is 24.4 Å².